The zero-order valence-electron chi connectivity index (χ0n) is 8.46. The van der Waals surface area contributed by atoms with Crippen LogP contribution in [0.1, 0.15) is 27.8 Å². The molecule has 0 atom stereocenters. The number of rotatable bonds is 1. The van der Waals surface area contributed by atoms with Gasteiger partial charge in [-0.25, -0.2) is 4.39 Å². The lowest BCUT2D eigenvalue weighted by molar-refractivity contribution is 0.604. The Hall–Kier alpha value is -0.370. The molecular weight excluding hydrogens is 231 g/mol. The molecule has 2 heteroatoms. The molecule has 0 heterocycles. The minimum atomic E-state index is -0.0579. The highest BCUT2D eigenvalue weighted by Gasteiger charge is 2.13. The lowest BCUT2D eigenvalue weighted by atomic mass is 9.95. The van der Waals surface area contributed by atoms with E-state index in [-0.39, 0.29) is 5.82 Å². The van der Waals surface area contributed by atoms with Crippen LogP contribution in [0.25, 0.3) is 0 Å². The third-order valence-corrected chi connectivity index (χ3v) is 3.43. The van der Waals surface area contributed by atoms with Crippen LogP contribution in [0.15, 0.2) is 0 Å². The van der Waals surface area contributed by atoms with E-state index in [1.54, 1.807) is 0 Å². The fraction of sp³-hybridized carbons (Fsp3) is 0.455. The van der Waals surface area contributed by atoms with E-state index >= 15 is 0 Å². The van der Waals surface area contributed by atoms with Crippen LogP contribution in [-0.4, -0.2) is 0 Å². The van der Waals surface area contributed by atoms with E-state index in [0.29, 0.717) is 5.33 Å². The summed E-state index contributed by atoms with van der Waals surface area (Å²) in [5.74, 6) is -0.0579. The molecule has 0 N–H and O–H groups in total. The summed E-state index contributed by atoms with van der Waals surface area (Å²) >= 11 is 3.31. The van der Waals surface area contributed by atoms with E-state index in [1.165, 1.54) is 5.56 Å². The first-order chi connectivity index (χ1) is 6.00. The minimum Gasteiger partial charge on any atom is -0.206 e. The summed E-state index contributed by atoms with van der Waals surface area (Å²) in [5, 5.41) is 0.590. The van der Waals surface area contributed by atoms with E-state index in [4.69, 9.17) is 0 Å². The minimum absolute atomic E-state index is 0.0579. The zero-order valence-corrected chi connectivity index (χ0v) is 10.0. The second kappa shape index (κ2) is 3.79. The molecule has 1 aromatic carbocycles. The van der Waals surface area contributed by atoms with Gasteiger partial charge in [-0.15, -0.1) is 0 Å². The summed E-state index contributed by atoms with van der Waals surface area (Å²) in [6.45, 7) is 7.83. The molecule has 72 valence electrons. The molecule has 0 bridgehead atoms. The summed E-state index contributed by atoms with van der Waals surface area (Å²) in [6.07, 6.45) is 0. The molecule has 0 aromatic heterocycles. The predicted molar refractivity (Wildman–Crippen MR) is 58.0 cm³/mol. The highest BCUT2D eigenvalue weighted by atomic mass is 79.9. The normalized spacial score (nSPS) is 10.6. The largest absolute Gasteiger partial charge is 0.206 e. The maximum atomic E-state index is 13.7. The van der Waals surface area contributed by atoms with Crippen molar-refractivity contribution in [3.63, 3.8) is 0 Å². The summed E-state index contributed by atoms with van der Waals surface area (Å²) in [7, 11) is 0. The number of hydrogen-bond donors (Lipinski definition) is 0. The quantitative estimate of drug-likeness (QED) is 0.657. The summed E-state index contributed by atoms with van der Waals surface area (Å²) in [6, 6.07) is 0. The van der Waals surface area contributed by atoms with Gasteiger partial charge in [0.25, 0.3) is 0 Å². The predicted octanol–water partition coefficient (Wildman–Crippen LogP) is 3.95. The third kappa shape index (κ3) is 1.64. The fourth-order valence-electron chi connectivity index (χ4n) is 1.50. The van der Waals surface area contributed by atoms with Crippen LogP contribution in [-0.2, 0) is 5.33 Å². The number of benzene rings is 1. The van der Waals surface area contributed by atoms with Gasteiger partial charge in [-0.3, -0.25) is 0 Å². The van der Waals surface area contributed by atoms with E-state index in [0.717, 1.165) is 22.3 Å². The van der Waals surface area contributed by atoms with Crippen molar-refractivity contribution in [3.05, 3.63) is 33.6 Å². The van der Waals surface area contributed by atoms with Crippen molar-refractivity contribution >= 4 is 15.9 Å². The average molecular weight is 245 g/mol. The van der Waals surface area contributed by atoms with Crippen LogP contribution in [0.5, 0.6) is 0 Å². The first-order valence-electron chi connectivity index (χ1n) is 4.31. The molecular formula is C11H14BrF. The van der Waals surface area contributed by atoms with Gasteiger partial charge in [0.15, 0.2) is 0 Å². The van der Waals surface area contributed by atoms with Crippen molar-refractivity contribution in [1.29, 1.82) is 0 Å². The van der Waals surface area contributed by atoms with Crippen molar-refractivity contribution in [1.82, 2.24) is 0 Å². The van der Waals surface area contributed by atoms with Crippen molar-refractivity contribution in [2.75, 3.05) is 0 Å². The second-order valence-electron chi connectivity index (χ2n) is 3.43. The molecule has 0 unspecified atom stereocenters. The highest BCUT2D eigenvalue weighted by Crippen LogP contribution is 2.26. The van der Waals surface area contributed by atoms with Crippen molar-refractivity contribution in [2.45, 2.75) is 33.0 Å². The molecule has 0 aliphatic rings. The first-order valence-corrected chi connectivity index (χ1v) is 5.43. The molecule has 0 radical (unpaired) electrons. The Morgan fingerprint density at radius 2 is 1.38 bits per heavy atom. The Bertz CT molecular complexity index is 313. The van der Waals surface area contributed by atoms with Gasteiger partial charge in [-0.1, -0.05) is 15.9 Å². The van der Waals surface area contributed by atoms with E-state index in [9.17, 15) is 4.39 Å². The molecule has 13 heavy (non-hydrogen) atoms. The van der Waals surface area contributed by atoms with Gasteiger partial charge in [0.05, 0.1) is 0 Å². The maximum Gasteiger partial charge on any atom is 0.130 e. The highest BCUT2D eigenvalue weighted by molar-refractivity contribution is 9.08. The molecule has 0 saturated heterocycles. The van der Waals surface area contributed by atoms with Gasteiger partial charge in [-0.05, 0) is 49.9 Å². The maximum absolute atomic E-state index is 13.7. The van der Waals surface area contributed by atoms with Crippen LogP contribution in [0, 0.1) is 33.5 Å². The zero-order chi connectivity index (χ0) is 10.2. The lowest BCUT2D eigenvalue weighted by Crippen LogP contribution is -2.01. The molecule has 0 spiro atoms. The van der Waals surface area contributed by atoms with Gasteiger partial charge in [-0.2, -0.15) is 0 Å². The van der Waals surface area contributed by atoms with Gasteiger partial charge in [0.1, 0.15) is 5.82 Å². The molecule has 1 rings (SSSR count). The average Bonchev–Trinajstić information content (AvgIpc) is 2.13. The molecule has 0 nitrogen and oxygen atoms in total. The summed E-state index contributed by atoms with van der Waals surface area (Å²) in [4.78, 5) is 0. The number of hydrogen-bond acceptors (Lipinski definition) is 0. The molecule has 0 saturated carbocycles. The van der Waals surface area contributed by atoms with Crippen molar-refractivity contribution in [2.24, 2.45) is 0 Å². The number of alkyl halides is 1. The van der Waals surface area contributed by atoms with Gasteiger partial charge >= 0.3 is 0 Å². The fourth-order valence-corrected chi connectivity index (χ4v) is 2.17. The Morgan fingerprint density at radius 3 is 1.85 bits per heavy atom. The Morgan fingerprint density at radius 1 is 0.923 bits per heavy atom. The molecule has 0 fully saturated rings. The van der Waals surface area contributed by atoms with Crippen LogP contribution >= 0.6 is 15.9 Å². The van der Waals surface area contributed by atoms with Crippen LogP contribution in [0.2, 0.25) is 0 Å². The molecule has 1 aromatic rings. The first kappa shape index (κ1) is 10.7. The van der Waals surface area contributed by atoms with E-state index < -0.39 is 0 Å². The van der Waals surface area contributed by atoms with E-state index in [2.05, 4.69) is 15.9 Å². The van der Waals surface area contributed by atoms with Crippen molar-refractivity contribution in [3.8, 4) is 0 Å². The molecule has 0 amide bonds. The van der Waals surface area contributed by atoms with Gasteiger partial charge in [0, 0.05) is 10.9 Å². The number of halogens is 2. The van der Waals surface area contributed by atoms with Crippen LogP contribution in [0.3, 0.4) is 0 Å². The third-order valence-electron chi connectivity index (χ3n) is 2.87. The Kier molecular flexibility index (Phi) is 3.12. The van der Waals surface area contributed by atoms with Gasteiger partial charge < -0.3 is 0 Å². The molecule has 0 aliphatic carbocycles. The Labute approximate surface area is 87.3 Å². The van der Waals surface area contributed by atoms with Crippen LogP contribution in [0.4, 0.5) is 4.39 Å². The van der Waals surface area contributed by atoms with Crippen molar-refractivity contribution < 1.29 is 4.39 Å². The monoisotopic (exact) mass is 244 g/mol. The topological polar surface area (TPSA) is 0 Å². The summed E-state index contributed by atoms with van der Waals surface area (Å²) in [5.41, 5.74) is 4.91. The Balaban J connectivity index is 3.56. The standard InChI is InChI=1S/C11H14BrF/c1-6-7(2)9(4)11(13)10(5-12)8(6)3/h5H2,1-4H3. The SMILES string of the molecule is Cc1c(C)c(C)c(CBr)c(F)c1C. The lowest BCUT2D eigenvalue weighted by Gasteiger charge is -2.14. The van der Waals surface area contributed by atoms with Crippen LogP contribution < -0.4 is 0 Å². The smallest absolute Gasteiger partial charge is 0.130 e. The summed E-state index contributed by atoms with van der Waals surface area (Å²) < 4.78 is 13.7. The van der Waals surface area contributed by atoms with Gasteiger partial charge in [0.2, 0.25) is 0 Å². The van der Waals surface area contributed by atoms with E-state index in [1.807, 2.05) is 27.7 Å². The molecule has 0 aliphatic heterocycles. The second-order valence-corrected chi connectivity index (χ2v) is 3.99.